The molecule has 5 rings (SSSR count). The van der Waals surface area contributed by atoms with Gasteiger partial charge in [-0.15, -0.1) is 0 Å². The number of hydrogen-bond donors (Lipinski definition) is 0. The molecule has 2 saturated heterocycles. The van der Waals surface area contributed by atoms with Crippen LogP contribution in [0.5, 0.6) is 11.5 Å². The van der Waals surface area contributed by atoms with Gasteiger partial charge in [0.1, 0.15) is 18.9 Å². The van der Waals surface area contributed by atoms with Crippen LogP contribution in [0.1, 0.15) is 67.2 Å². The van der Waals surface area contributed by atoms with E-state index in [1.807, 2.05) is 14.2 Å². The zero-order valence-electron chi connectivity index (χ0n) is 28.4. The summed E-state index contributed by atoms with van der Waals surface area (Å²) in [6, 6.07) is 10.4. The molecule has 1 aliphatic carbocycles. The highest BCUT2D eigenvalue weighted by molar-refractivity contribution is 7.95. The number of benzene rings is 2. The van der Waals surface area contributed by atoms with Gasteiger partial charge in [0.05, 0.1) is 45.2 Å². The predicted octanol–water partition coefficient (Wildman–Crippen LogP) is 6.44. The van der Waals surface area contributed by atoms with Gasteiger partial charge in [0.25, 0.3) is 0 Å². The standard InChI is InChI=1S/C35H54BN2O4P2/c1-24-18-30(19-25(2)34(24)41-7)43(31-20-26(3)35(42-8)27(4)21-31)32-14-9-15-33(32)44(36,37-16-10-12-28(37)22-39-5)38-17-11-13-29(38)23-40-6/h18-21,28-29,32-33H,9-17,22-23H2,1-8H3/q+1/t28-,29-,32?,33?/m0/s1. The molecule has 240 valence electrons. The van der Waals surface area contributed by atoms with E-state index in [1.165, 1.54) is 65.0 Å². The van der Waals surface area contributed by atoms with Crippen molar-refractivity contribution >= 4 is 33.5 Å². The Balaban J connectivity index is 1.68. The van der Waals surface area contributed by atoms with Crippen LogP contribution in [-0.4, -0.2) is 95.1 Å². The van der Waals surface area contributed by atoms with Crippen molar-refractivity contribution in [1.82, 2.24) is 9.34 Å². The second kappa shape index (κ2) is 14.7. The van der Waals surface area contributed by atoms with Crippen molar-refractivity contribution in [2.75, 3.05) is 54.7 Å². The Morgan fingerprint density at radius 1 is 0.682 bits per heavy atom. The molecule has 0 aromatic heterocycles. The van der Waals surface area contributed by atoms with Gasteiger partial charge in [-0.2, -0.15) is 9.34 Å². The first-order chi connectivity index (χ1) is 21.2. The summed E-state index contributed by atoms with van der Waals surface area (Å²) in [7, 11) is 12.5. The maximum absolute atomic E-state index is 8.17. The Hall–Kier alpha value is -1.20. The fourth-order valence-electron chi connectivity index (χ4n) is 8.71. The van der Waals surface area contributed by atoms with Crippen molar-refractivity contribution in [3.05, 3.63) is 46.5 Å². The summed E-state index contributed by atoms with van der Waals surface area (Å²) in [5, 5.41) is 2.88. The van der Waals surface area contributed by atoms with E-state index in [0.29, 0.717) is 23.4 Å². The molecule has 2 unspecified atom stereocenters. The summed E-state index contributed by atoms with van der Waals surface area (Å²) in [6.07, 6.45) is 8.31. The Morgan fingerprint density at radius 3 is 1.50 bits per heavy atom. The van der Waals surface area contributed by atoms with Gasteiger partial charge in [0, 0.05) is 33.0 Å². The third-order valence-electron chi connectivity index (χ3n) is 10.4. The van der Waals surface area contributed by atoms with E-state index >= 15 is 0 Å². The van der Waals surface area contributed by atoms with Crippen molar-refractivity contribution in [3.8, 4) is 11.5 Å². The fourth-order valence-corrected chi connectivity index (χ4v) is 17.6. The Kier molecular flexibility index (Phi) is 11.4. The molecule has 44 heavy (non-hydrogen) atoms. The summed E-state index contributed by atoms with van der Waals surface area (Å²) in [5.41, 5.74) is 5.74. The zero-order valence-corrected chi connectivity index (χ0v) is 30.2. The van der Waals surface area contributed by atoms with Crippen molar-refractivity contribution in [3.63, 3.8) is 0 Å². The van der Waals surface area contributed by atoms with Gasteiger partial charge >= 0.3 is 7.57 Å². The van der Waals surface area contributed by atoms with Crippen molar-refractivity contribution in [2.24, 2.45) is 0 Å². The molecule has 2 aromatic rings. The lowest BCUT2D eigenvalue weighted by molar-refractivity contribution is 0.135. The summed E-state index contributed by atoms with van der Waals surface area (Å²) in [4.78, 5) is 0. The van der Waals surface area contributed by atoms with Crippen LogP contribution in [0.15, 0.2) is 24.3 Å². The Labute approximate surface area is 270 Å². The van der Waals surface area contributed by atoms with Crippen LogP contribution >= 0.6 is 15.4 Å². The summed E-state index contributed by atoms with van der Waals surface area (Å²) in [6.45, 7) is 12.4. The minimum absolute atomic E-state index is 0.380. The van der Waals surface area contributed by atoms with E-state index in [1.54, 1.807) is 14.2 Å². The second-order valence-electron chi connectivity index (χ2n) is 13.2. The number of hydrogen-bond acceptors (Lipinski definition) is 6. The molecule has 2 aromatic carbocycles. The SMILES string of the molecule is [B][P+](C1CCCC1P(c1cc(C)c(OC)c(C)c1)c1cc(C)c(OC)c(C)c1)(N1CCC[C@H]1COC)N1CCC[C@H]1COC. The third-order valence-corrected chi connectivity index (χ3v) is 17.8. The van der Waals surface area contributed by atoms with E-state index < -0.39 is 15.4 Å². The van der Waals surface area contributed by atoms with E-state index in [0.717, 1.165) is 50.6 Å². The average molecular weight is 640 g/mol. The van der Waals surface area contributed by atoms with Crippen molar-refractivity contribution < 1.29 is 18.9 Å². The maximum Gasteiger partial charge on any atom is 0.409 e. The lowest BCUT2D eigenvalue weighted by Crippen LogP contribution is -2.49. The number of rotatable bonds is 12. The average Bonchev–Trinajstić information content (AvgIpc) is 3.75. The van der Waals surface area contributed by atoms with Crippen LogP contribution in [0.25, 0.3) is 0 Å². The molecule has 2 heterocycles. The summed E-state index contributed by atoms with van der Waals surface area (Å²) >= 11 is 0. The predicted molar refractivity (Wildman–Crippen MR) is 188 cm³/mol. The van der Waals surface area contributed by atoms with Crippen LogP contribution in [0, 0.1) is 27.7 Å². The quantitative estimate of drug-likeness (QED) is 0.197. The van der Waals surface area contributed by atoms with Gasteiger partial charge in [-0.3, -0.25) is 0 Å². The number of ether oxygens (including phenoxy) is 4. The van der Waals surface area contributed by atoms with E-state index in [9.17, 15) is 0 Å². The first-order valence-corrected chi connectivity index (χ1v) is 19.7. The summed E-state index contributed by atoms with van der Waals surface area (Å²) < 4.78 is 28.8. The minimum atomic E-state index is -2.24. The van der Waals surface area contributed by atoms with Gasteiger partial charge in [-0.05, 0) is 138 Å². The molecule has 3 fully saturated rings. The molecular weight excluding hydrogens is 585 g/mol. The molecule has 0 bridgehead atoms. The van der Waals surface area contributed by atoms with Crippen LogP contribution in [-0.2, 0) is 9.47 Å². The van der Waals surface area contributed by atoms with Gasteiger partial charge in [-0.1, -0.05) is 0 Å². The van der Waals surface area contributed by atoms with Crippen LogP contribution < -0.4 is 20.1 Å². The largest absolute Gasteiger partial charge is 0.496 e. The molecule has 4 atom stereocenters. The fraction of sp³-hybridized carbons (Fsp3) is 0.657. The monoisotopic (exact) mass is 639 g/mol. The molecule has 2 aliphatic heterocycles. The second-order valence-corrected chi connectivity index (χ2v) is 18.7. The molecule has 0 spiro atoms. The Morgan fingerprint density at radius 2 is 1.11 bits per heavy atom. The van der Waals surface area contributed by atoms with Gasteiger partial charge < -0.3 is 18.9 Å². The van der Waals surface area contributed by atoms with Crippen molar-refractivity contribution in [2.45, 2.75) is 96.0 Å². The zero-order chi connectivity index (χ0) is 31.6. The molecular formula is C35H54BN2O4P2+. The van der Waals surface area contributed by atoms with Gasteiger partial charge in [0.15, 0.2) is 0 Å². The Bertz CT molecular complexity index is 1170. The number of nitrogens with zero attached hydrogens (tertiary/aromatic N) is 2. The topological polar surface area (TPSA) is 43.4 Å². The molecule has 6 nitrogen and oxygen atoms in total. The molecule has 0 amide bonds. The molecule has 2 radical (unpaired) electrons. The number of methoxy groups -OCH3 is 4. The van der Waals surface area contributed by atoms with Crippen molar-refractivity contribution in [1.29, 1.82) is 0 Å². The van der Waals surface area contributed by atoms with Gasteiger partial charge in [-0.25, -0.2) is 0 Å². The molecule has 0 N–H and O–H groups in total. The van der Waals surface area contributed by atoms with Crippen LogP contribution in [0.4, 0.5) is 0 Å². The third kappa shape index (κ3) is 6.36. The minimum Gasteiger partial charge on any atom is -0.496 e. The van der Waals surface area contributed by atoms with Gasteiger partial charge in [0.2, 0.25) is 0 Å². The maximum atomic E-state index is 8.17. The smallest absolute Gasteiger partial charge is 0.409 e. The summed E-state index contributed by atoms with van der Waals surface area (Å²) in [5.74, 6) is 1.99. The molecule has 3 aliphatic rings. The highest BCUT2D eigenvalue weighted by Crippen LogP contribution is 2.74. The molecule has 1 saturated carbocycles. The van der Waals surface area contributed by atoms with E-state index in [4.69, 9.17) is 26.5 Å². The normalized spacial score (nSPS) is 24.9. The lowest BCUT2D eigenvalue weighted by atomic mass is 10.1. The van der Waals surface area contributed by atoms with E-state index in [-0.39, 0.29) is 0 Å². The first-order valence-electron chi connectivity index (χ1n) is 16.5. The highest BCUT2D eigenvalue weighted by Gasteiger charge is 2.62. The van der Waals surface area contributed by atoms with Crippen LogP contribution in [0.3, 0.4) is 0 Å². The first kappa shape index (κ1) is 34.1. The van der Waals surface area contributed by atoms with E-state index in [2.05, 4.69) is 61.3 Å². The van der Waals surface area contributed by atoms with Crippen LogP contribution in [0.2, 0.25) is 0 Å². The lowest BCUT2D eigenvalue weighted by Gasteiger charge is -2.49. The number of aryl methyl sites for hydroxylation is 4. The highest BCUT2D eigenvalue weighted by atomic mass is 31.2. The molecule has 9 heteroatoms.